The van der Waals surface area contributed by atoms with Gasteiger partial charge in [0.05, 0.1) is 38.1 Å². The number of thioether (sulfide) groups is 1. The third-order valence-electron chi connectivity index (χ3n) is 20.0. The Kier molecular flexibility index (Phi) is 50.2. The van der Waals surface area contributed by atoms with E-state index in [0.29, 0.717) is 11.3 Å². The fraction of sp³-hybridized carbons (Fsp3) is 0.630. The van der Waals surface area contributed by atoms with Crippen molar-refractivity contribution in [3.63, 3.8) is 0 Å². The van der Waals surface area contributed by atoms with Gasteiger partial charge in [0, 0.05) is 44.0 Å². The highest BCUT2D eigenvalue weighted by molar-refractivity contribution is 7.98. The Morgan fingerprint density at radius 1 is 0.408 bits per heavy atom. The topological polar surface area (TPSA) is 773 Å². The highest BCUT2D eigenvalue weighted by Gasteiger charge is 2.42. The summed E-state index contributed by atoms with van der Waals surface area (Å²) in [5.74, 6) is -27.0. The second-order valence-electron chi connectivity index (χ2n) is 32.4. The average Bonchev–Trinajstić information content (AvgIpc) is 1.28. The Bertz CT molecular complexity index is 4200. The number of aliphatic hydroxyl groups excluding tert-OH is 3. The summed E-state index contributed by atoms with van der Waals surface area (Å²) in [7, 11) is 0. The van der Waals surface area contributed by atoms with E-state index in [1.807, 2.05) is 0 Å². The molecule has 0 aliphatic rings. The molecule has 0 aliphatic carbocycles. The third-order valence-corrected chi connectivity index (χ3v) is 20.6. The van der Waals surface area contributed by atoms with Crippen LogP contribution in [-0.4, -0.2) is 304 Å². The number of aromatic nitrogens is 2. The molecule has 0 fully saturated rings. The summed E-state index contributed by atoms with van der Waals surface area (Å²) in [5.41, 5.74) is 11.8. The maximum absolute atomic E-state index is 14.6. The largest absolute Gasteiger partial charge is 0.481 e. The van der Waals surface area contributed by atoms with E-state index in [0.717, 1.165) is 20.8 Å². The highest BCUT2D eigenvalue weighted by atomic mass is 32.2. The molecule has 726 valence electrons. The van der Waals surface area contributed by atoms with Crippen molar-refractivity contribution in [3.05, 3.63) is 54.1 Å². The number of carbonyl (C=O) groups excluding carboxylic acids is 17. The quantitative estimate of drug-likeness (QED) is 0.0293. The van der Waals surface area contributed by atoms with E-state index in [4.69, 9.17) is 11.5 Å². The zero-order valence-corrected chi connectivity index (χ0v) is 75.6. The second-order valence-corrected chi connectivity index (χ2v) is 33.4. The predicted molar refractivity (Wildman–Crippen MR) is 462 cm³/mol. The molecule has 17 amide bonds. The van der Waals surface area contributed by atoms with E-state index < -0.39 is 315 Å². The molecule has 0 bridgehead atoms. The number of aliphatic hydroxyl groups is 3. The SMILES string of the molecule is CC[C@H](C)[C@H](NC(=O)[C@H](CC(C)C)NC(=O)[C@@H](NC(=O)[C@H](CCC(=O)O)NC(=O)[C@H](CCSC)NC(=O)[C@H](C)NC(=O)[C@@H](NC(=O)[C@H](CCC(=O)O)NC(=O)[C@H](CC(C)C)NC(=O)[C@H](CCC(=O)O)NC(=O)[C@H](CO)NC(=O)CN)[C@@H](C)O)[C@@H](C)O)C(=O)N[C@@H](CC(N)=O)C(=O)N[C@H](C(=O)N[C@@H](Cc1ccccc1)C(=O)N[C@@H](Cc1cnc[nH]1)C(=O)N[C@@H](C)C(=O)O)C(C)C. The Labute approximate surface area is 754 Å². The fourth-order valence-corrected chi connectivity index (χ4v) is 13.0. The fourth-order valence-electron chi connectivity index (χ4n) is 12.5. The van der Waals surface area contributed by atoms with Gasteiger partial charge >= 0.3 is 23.9 Å². The van der Waals surface area contributed by atoms with Crippen LogP contribution in [0.25, 0.3) is 0 Å². The van der Waals surface area contributed by atoms with Crippen molar-refractivity contribution in [2.45, 2.75) is 275 Å². The first-order chi connectivity index (χ1) is 60.9. The summed E-state index contributed by atoms with van der Waals surface area (Å²) < 4.78 is 0. The number of hydrogen-bond donors (Lipinski definition) is 26. The van der Waals surface area contributed by atoms with Crippen LogP contribution in [0.4, 0.5) is 0 Å². The molecule has 2 rings (SSSR count). The number of carboxylic acids is 4. The zero-order chi connectivity index (χ0) is 98.7. The van der Waals surface area contributed by atoms with Gasteiger partial charge in [0.25, 0.3) is 0 Å². The third kappa shape index (κ3) is 41.3. The van der Waals surface area contributed by atoms with Gasteiger partial charge in [-0.15, -0.1) is 0 Å². The van der Waals surface area contributed by atoms with Crippen LogP contribution in [0.3, 0.4) is 0 Å². The van der Waals surface area contributed by atoms with Crippen molar-refractivity contribution in [2.75, 3.05) is 25.2 Å². The molecule has 0 saturated heterocycles. The van der Waals surface area contributed by atoms with Crippen LogP contribution in [0, 0.1) is 23.7 Å². The summed E-state index contributed by atoms with van der Waals surface area (Å²) >= 11 is 1.17. The maximum Gasteiger partial charge on any atom is 0.325 e. The Balaban J connectivity index is 2.46. The van der Waals surface area contributed by atoms with Gasteiger partial charge in [-0.3, -0.25) is 101 Å². The van der Waals surface area contributed by atoms with Gasteiger partial charge < -0.3 is 137 Å². The van der Waals surface area contributed by atoms with E-state index in [1.54, 1.807) is 71.2 Å². The number of rotatable bonds is 61. The van der Waals surface area contributed by atoms with Gasteiger partial charge in [-0.05, 0) is 107 Å². The van der Waals surface area contributed by atoms with Crippen LogP contribution < -0.4 is 96.5 Å². The van der Waals surface area contributed by atoms with Gasteiger partial charge in [-0.25, -0.2) is 4.98 Å². The van der Waals surface area contributed by atoms with Gasteiger partial charge in [0.1, 0.15) is 96.7 Å². The van der Waals surface area contributed by atoms with Crippen LogP contribution in [0.2, 0.25) is 0 Å². The summed E-state index contributed by atoms with van der Waals surface area (Å²) in [5, 5.41) is 108. The number of amides is 17. The molecule has 0 aliphatic heterocycles. The lowest BCUT2D eigenvalue weighted by atomic mass is 9.96. The predicted octanol–water partition coefficient (Wildman–Crippen LogP) is -7.19. The van der Waals surface area contributed by atoms with Crippen molar-refractivity contribution in [1.82, 2.24) is 95.0 Å². The standard InChI is InChI=1S/C81H128N20O28S/c1-14-40(8)63(78(125)97-55(32-57(83)105)75(122)98-62(39(6)7)77(124)96-53(30-45-18-16-15-17-19-45)73(120)94-54(31-46-34-84-36-85-46)71(118)87-42(10)81(128)129)99-74(121)52(29-38(4)5)95-80(127)65(44(12)104)101-69(116)48(21-24-60(109)110)90-68(115)50(26-27-130-13)89-66(113)41(9)86-79(126)64(43(11)103)100-70(117)49(22-25-61(111)112)91-72(119)51(28-37(2)3)93-67(114)47(20-23-59(107)108)92-76(123)56(35-102)88-58(106)33-82/h15-19,34,36-44,47-56,62-65,102-104H,14,20-33,35,82H2,1-13H3,(H2,83,105)(H,84,85)(H,86,126)(H,87,118)(H,88,106)(H,89,113)(H,90,115)(H,91,119)(H,92,123)(H,93,114)(H,94,120)(H,95,127)(H,96,124)(H,97,125)(H,98,122)(H,99,121)(H,100,117)(H,101,116)(H,107,108)(H,109,110)(H,111,112)(H,128,129)/t40-,41-,42-,43+,44+,47-,48-,49-,50-,51-,52-,53-,54-,55-,56-,62-,63-,64-,65-/m0/s1. The lowest BCUT2D eigenvalue weighted by Crippen LogP contribution is -2.63. The van der Waals surface area contributed by atoms with Crippen molar-refractivity contribution in [3.8, 4) is 0 Å². The minimum absolute atomic E-state index is 0.110. The van der Waals surface area contributed by atoms with Crippen molar-refractivity contribution >= 4 is 136 Å². The van der Waals surface area contributed by atoms with Crippen LogP contribution in [0.15, 0.2) is 42.9 Å². The number of benzene rings is 1. The van der Waals surface area contributed by atoms with Crippen LogP contribution in [0.5, 0.6) is 0 Å². The number of carbonyl (C=O) groups is 21. The smallest absolute Gasteiger partial charge is 0.325 e. The van der Waals surface area contributed by atoms with E-state index in [1.165, 1.54) is 52.0 Å². The number of nitrogens with one attached hydrogen (secondary N) is 17. The van der Waals surface area contributed by atoms with E-state index in [2.05, 4.69) is 95.0 Å². The molecular formula is C81H128N20O28S. The number of aromatic amines is 1. The van der Waals surface area contributed by atoms with E-state index >= 15 is 0 Å². The summed E-state index contributed by atoms with van der Waals surface area (Å²) in [6.45, 7) is 15.5. The number of primary amides is 1. The number of aliphatic carboxylic acids is 4. The van der Waals surface area contributed by atoms with Gasteiger partial charge in [-0.1, -0.05) is 92.1 Å². The Morgan fingerprint density at radius 3 is 1.18 bits per heavy atom. The number of H-pyrrole nitrogens is 1. The maximum atomic E-state index is 14.6. The van der Waals surface area contributed by atoms with Gasteiger partial charge in [-0.2, -0.15) is 11.8 Å². The number of hydrogen-bond acceptors (Lipinski definition) is 27. The number of imidazole rings is 1. The Hall–Kier alpha value is -12.5. The lowest BCUT2D eigenvalue weighted by Gasteiger charge is -2.31. The number of nitrogens with two attached hydrogens (primary N) is 2. The van der Waals surface area contributed by atoms with Crippen LogP contribution in [-0.2, 0) is 114 Å². The summed E-state index contributed by atoms with van der Waals surface area (Å²) in [6, 6.07) is -18.7. The van der Waals surface area contributed by atoms with E-state index in [9.17, 15) is 136 Å². The first-order valence-electron chi connectivity index (χ1n) is 42.1. The molecule has 0 unspecified atom stereocenters. The molecule has 1 heterocycles. The van der Waals surface area contributed by atoms with Crippen molar-refractivity contribution < 1.29 is 136 Å². The molecule has 130 heavy (non-hydrogen) atoms. The average molecular weight is 1860 g/mol. The molecule has 1 aromatic heterocycles. The minimum atomic E-state index is -2.01. The van der Waals surface area contributed by atoms with Crippen LogP contribution >= 0.6 is 11.8 Å². The Morgan fingerprint density at radius 2 is 0.762 bits per heavy atom. The summed E-state index contributed by atoms with van der Waals surface area (Å²) in [4.78, 5) is 291. The monoisotopic (exact) mass is 1860 g/mol. The first-order valence-corrected chi connectivity index (χ1v) is 43.5. The molecule has 28 N–H and O–H groups in total. The molecule has 0 spiro atoms. The first kappa shape index (κ1) is 114. The molecule has 49 heteroatoms. The van der Waals surface area contributed by atoms with E-state index in [-0.39, 0.29) is 44.3 Å². The summed E-state index contributed by atoms with van der Waals surface area (Å²) in [6.07, 6.45) is -5.48. The molecular weight excluding hydrogens is 1730 g/mol. The molecule has 1 aromatic carbocycles. The van der Waals surface area contributed by atoms with Crippen molar-refractivity contribution in [2.24, 2.45) is 35.1 Å². The normalized spacial score (nSPS) is 15.6. The van der Waals surface area contributed by atoms with Crippen LogP contribution in [0.1, 0.15) is 165 Å². The molecule has 48 nitrogen and oxygen atoms in total. The molecule has 19 atom stereocenters. The molecule has 2 aromatic rings. The van der Waals surface area contributed by atoms with Gasteiger partial charge in [0.2, 0.25) is 100 Å². The molecule has 0 radical (unpaired) electrons. The number of carboxylic acid groups (broad SMARTS) is 4. The number of nitrogens with zero attached hydrogens (tertiary/aromatic N) is 1. The second kappa shape index (κ2) is 57.4. The molecule has 0 saturated carbocycles. The zero-order valence-electron chi connectivity index (χ0n) is 74.8. The van der Waals surface area contributed by atoms with Crippen molar-refractivity contribution in [1.29, 1.82) is 0 Å². The van der Waals surface area contributed by atoms with Gasteiger partial charge in [0.15, 0.2) is 0 Å². The highest BCUT2D eigenvalue weighted by Crippen LogP contribution is 2.17. The lowest BCUT2D eigenvalue weighted by molar-refractivity contribution is -0.142. The minimum Gasteiger partial charge on any atom is -0.481 e.